The second-order valence-corrected chi connectivity index (χ2v) is 6.72. The molecule has 1 aromatic rings. The van der Waals surface area contributed by atoms with Gasteiger partial charge in [0.1, 0.15) is 5.75 Å². The van der Waals surface area contributed by atoms with Gasteiger partial charge in [-0.2, -0.15) is 0 Å². The van der Waals surface area contributed by atoms with Crippen molar-refractivity contribution in [3.63, 3.8) is 0 Å². The van der Waals surface area contributed by atoms with Crippen LogP contribution in [0.4, 0.5) is 5.69 Å². The van der Waals surface area contributed by atoms with E-state index in [1.54, 1.807) is 23.1 Å². The molecule has 1 heterocycles. The average molecular weight is 316 g/mol. The summed E-state index contributed by atoms with van der Waals surface area (Å²) in [7, 11) is 0.637. The lowest BCUT2D eigenvalue weighted by Crippen LogP contribution is -2.48. The fraction of sp³-hybridized carbons (Fsp3) is 0.462. The van der Waals surface area contributed by atoms with Crippen molar-refractivity contribution in [2.45, 2.75) is 4.90 Å². The Hall–Kier alpha value is -1.11. The second kappa shape index (κ2) is 6.56. The number of hydrogen-bond donors (Lipinski definition) is 1. The van der Waals surface area contributed by atoms with Crippen molar-refractivity contribution in [3.05, 3.63) is 23.2 Å². The minimum absolute atomic E-state index is 0.00996. The van der Waals surface area contributed by atoms with Crippen LogP contribution in [0.2, 0.25) is 5.02 Å². The normalized spacial score (nSPS) is 18.0. The zero-order chi connectivity index (χ0) is 14.7. The molecule has 110 valence electrons. The van der Waals surface area contributed by atoms with Gasteiger partial charge in [0.05, 0.1) is 21.5 Å². The fourth-order valence-electron chi connectivity index (χ4n) is 1.99. The molecule has 1 fully saturated rings. The highest BCUT2D eigenvalue weighted by atomic mass is 35.5. The summed E-state index contributed by atoms with van der Waals surface area (Å²) in [5.74, 6) is -0.0892. The van der Waals surface area contributed by atoms with Crippen LogP contribution in [0.5, 0.6) is 0 Å². The van der Waals surface area contributed by atoms with Crippen molar-refractivity contribution in [2.75, 3.05) is 44.7 Å². The molecule has 1 atom stereocenters. The van der Waals surface area contributed by atoms with Gasteiger partial charge in [-0.1, -0.05) is 11.6 Å². The van der Waals surface area contributed by atoms with Gasteiger partial charge in [0, 0.05) is 31.1 Å². The third-order valence-electron chi connectivity index (χ3n) is 3.35. The van der Waals surface area contributed by atoms with Gasteiger partial charge < -0.3 is 15.5 Å². The maximum atomic E-state index is 12.2. The number of halogens is 1. The van der Waals surface area contributed by atoms with Crippen LogP contribution in [0.25, 0.3) is 0 Å². The van der Waals surface area contributed by atoms with Crippen LogP contribution in [0.3, 0.4) is 0 Å². The van der Waals surface area contributed by atoms with E-state index in [9.17, 15) is 9.00 Å². The number of nitrogens with zero attached hydrogens (tertiary/aromatic N) is 2. The number of hydrogen-bond acceptors (Lipinski definition) is 4. The van der Waals surface area contributed by atoms with E-state index in [0.29, 0.717) is 28.7 Å². The lowest BCUT2D eigenvalue weighted by molar-refractivity contribution is -0.129. The molecular weight excluding hydrogens is 298 g/mol. The largest absolute Gasteiger partial charge is 0.398 e. The summed E-state index contributed by atoms with van der Waals surface area (Å²) >= 11 is 5.90. The Morgan fingerprint density at radius 2 is 2.00 bits per heavy atom. The number of benzene rings is 1. The number of piperazine rings is 1. The maximum Gasteiger partial charge on any atom is 0.235 e. The van der Waals surface area contributed by atoms with Crippen LogP contribution in [0.1, 0.15) is 0 Å². The van der Waals surface area contributed by atoms with E-state index in [0.717, 1.165) is 13.1 Å². The van der Waals surface area contributed by atoms with E-state index in [2.05, 4.69) is 4.90 Å². The number of nitrogens with two attached hydrogens (primary N) is 1. The molecule has 1 saturated heterocycles. The predicted molar refractivity (Wildman–Crippen MR) is 81.2 cm³/mol. The second-order valence-electron chi connectivity index (χ2n) is 4.86. The Kier molecular flexibility index (Phi) is 5.01. The minimum atomic E-state index is -1.39. The third-order valence-corrected chi connectivity index (χ3v) is 4.96. The molecule has 1 aromatic carbocycles. The first-order valence-electron chi connectivity index (χ1n) is 6.37. The quantitative estimate of drug-likeness (QED) is 0.838. The molecule has 0 radical (unpaired) electrons. The molecule has 2 rings (SSSR count). The number of anilines is 1. The van der Waals surface area contributed by atoms with Crippen molar-refractivity contribution >= 4 is 34.0 Å². The van der Waals surface area contributed by atoms with Crippen LogP contribution >= 0.6 is 11.6 Å². The Labute approximate surface area is 126 Å². The fourth-order valence-corrected chi connectivity index (χ4v) is 3.28. The van der Waals surface area contributed by atoms with Crippen molar-refractivity contribution in [3.8, 4) is 0 Å². The molecule has 1 aliphatic rings. The lowest BCUT2D eigenvalue weighted by Gasteiger charge is -2.32. The number of likely N-dealkylation sites (N-methyl/N-ethyl adjacent to an activating group) is 1. The molecule has 5 nitrogen and oxygen atoms in total. The highest BCUT2D eigenvalue weighted by Gasteiger charge is 2.21. The first-order chi connectivity index (χ1) is 9.47. The van der Waals surface area contributed by atoms with Crippen molar-refractivity contribution < 1.29 is 9.00 Å². The van der Waals surface area contributed by atoms with Crippen LogP contribution in [0, 0.1) is 0 Å². The molecular formula is C13H18ClN3O2S. The van der Waals surface area contributed by atoms with Gasteiger partial charge in [-0.3, -0.25) is 9.00 Å². The number of carbonyl (C=O) groups excluding carboxylic acids is 1. The number of nitrogen functional groups attached to an aromatic ring is 1. The molecule has 20 heavy (non-hydrogen) atoms. The Morgan fingerprint density at radius 3 is 2.60 bits per heavy atom. The number of amides is 1. The van der Waals surface area contributed by atoms with Crippen LogP contribution < -0.4 is 5.73 Å². The van der Waals surface area contributed by atoms with Crippen LogP contribution in [-0.2, 0) is 15.6 Å². The summed E-state index contributed by atoms with van der Waals surface area (Å²) in [6, 6.07) is 4.81. The van der Waals surface area contributed by atoms with E-state index in [1.165, 1.54) is 0 Å². The maximum absolute atomic E-state index is 12.2. The van der Waals surface area contributed by atoms with Gasteiger partial charge in [-0.25, -0.2) is 0 Å². The molecule has 1 aliphatic heterocycles. The van der Waals surface area contributed by atoms with Gasteiger partial charge in [0.25, 0.3) is 0 Å². The van der Waals surface area contributed by atoms with Crippen LogP contribution in [0.15, 0.2) is 23.1 Å². The highest BCUT2D eigenvalue weighted by molar-refractivity contribution is 7.85. The van der Waals surface area contributed by atoms with Gasteiger partial charge in [0.2, 0.25) is 5.91 Å². The summed E-state index contributed by atoms with van der Waals surface area (Å²) in [4.78, 5) is 16.6. The monoisotopic (exact) mass is 315 g/mol. The summed E-state index contributed by atoms with van der Waals surface area (Å²) < 4.78 is 12.2. The molecule has 1 unspecified atom stereocenters. The molecule has 2 N–H and O–H groups in total. The molecule has 0 spiro atoms. The average Bonchev–Trinajstić information content (AvgIpc) is 2.42. The minimum Gasteiger partial charge on any atom is -0.398 e. The zero-order valence-corrected chi connectivity index (χ0v) is 12.9. The topological polar surface area (TPSA) is 66.6 Å². The molecule has 0 saturated carbocycles. The first-order valence-corrected chi connectivity index (χ1v) is 8.07. The molecule has 0 bridgehead atoms. The standard InChI is InChI=1S/C13H18ClN3O2S/c1-16-4-6-17(7-5-16)13(18)9-20(19)10-2-3-12(15)11(14)8-10/h2-3,8H,4-7,9,15H2,1H3. The van der Waals surface area contributed by atoms with Gasteiger partial charge in [0.15, 0.2) is 0 Å². The first kappa shape index (κ1) is 15.3. The summed E-state index contributed by atoms with van der Waals surface area (Å²) in [6.45, 7) is 3.09. The van der Waals surface area contributed by atoms with E-state index in [4.69, 9.17) is 17.3 Å². The summed E-state index contributed by atoms with van der Waals surface area (Å²) in [5.41, 5.74) is 6.05. The van der Waals surface area contributed by atoms with Gasteiger partial charge in [-0.05, 0) is 25.2 Å². The summed E-state index contributed by atoms with van der Waals surface area (Å²) in [5, 5.41) is 0.364. The molecule has 7 heteroatoms. The highest BCUT2D eigenvalue weighted by Crippen LogP contribution is 2.21. The zero-order valence-electron chi connectivity index (χ0n) is 11.3. The lowest BCUT2D eigenvalue weighted by atomic mass is 10.3. The SMILES string of the molecule is CN1CCN(C(=O)CS(=O)c2ccc(N)c(Cl)c2)CC1. The smallest absolute Gasteiger partial charge is 0.235 e. The van der Waals surface area contributed by atoms with E-state index >= 15 is 0 Å². The van der Waals surface area contributed by atoms with E-state index in [-0.39, 0.29) is 11.7 Å². The van der Waals surface area contributed by atoms with E-state index < -0.39 is 10.8 Å². The Bertz CT molecular complexity index is 530. The Balaban J connectivity index is 1.97. The third kappa shape index (κ3) is 3.71. The number of rotatable bonds is 3. The molecule has 0 aromatic heterocycles. The molecule has 1 amide bonds. The van der Waals surface area contributed by atoms with Crippen molar-refractivity contribution in [1.82, 2.24) is 9.80 Å². The van der Waals surface area contributed by atoms with Crippen molar-refractivity contribution in [1.29, 1.82) is 0 Å². The molecule has 0 aliphatic carbocycles. The van der Waals surface area contributed by atoms with Gasteiger partial charge >= 0.3 is 0 Å². The van der Waals surface area contributed by atoms with E-state index in [1.807, 2.05) is 7.05 Å². The van der Waals surface area contributed by atoms with Crippen LogP contribution in [-0.4, -0.2) is 58.9 Å². The Morgan fingerprint density at radius 1 is 1.35 bits per heavy atom. The van der Waals surface area contributed by atoms with Gasteiger partial charge in [-0.15, -0.1) is 0 Å². The number of carbonyl (C=O) groups is 1. The van der Waals surface area contributed by atoms with Crippen molar-refractivity contribution in [2.24, 2.45) is 0 Å². The summed E-state index contributed by atoms with van der Waals surface area (Å²) in [6.07, 6.45) is 0. The predicted octanol–water partition coefficient (Wildman–Crippen LogP) is 0.804.